The van der Waals surface area contributed by atoms with Crippen molar-refractivity contribution in [1.82, 2.24) is 0 Å². The lowest BCUT2D eigenvalue weighted by molar-refractivity contribution is 0.164. The Labute approximate surface area is 97.0 Å². The molecule has 0 spiro atoms. The summed E-state index contributed by atoms with van der Waals surface area (Å²) in [7, 11) is -1.59. The van der Waals surface area contributed by atoms with E-state index in [2.05, 4.69) is 66.8 Å². The van der Waals surface area contributed by atoms with E-state index in [1.807, 2.05) is 0 Å². The highest BCUT2D eigenvalue weighted by Crippen LogP contribution is 2.38. The summed E-state index contributed by atoms with van der Waals surface area (Å²) in [4.78, 5) is 0. The molecule has 0 fully saturated rings. The SMILES string of the molecule is C/C=C/C(C)C(C)O[Si](C)(C)C(C)(C)C. The van der Waals surface area contributed by atoms with Gasteiger partial charge in [0, 0.05) is 6.10 Å². The van der Waals surface area contributed by atoms with Crippen molar-refractivity contribution in [3.63, 3.8) is 0 Å². The fourth-order valence-electron chi connectivity index (χ4n) is 1.21. The van der Waals surface area contributed by atoms with Gasteiger partial charge in [0.05, 0.1) is 0 Å². The van der Waals surface area contributed by atoms with Gasteiger partial charge in [0.25, 0.3) is 0 Å². The van der Waals surface area contributed by atoms with Crippen LogP contribution in [0.4, 0.5) is 0 Å². The molecule has 0 aliphatic carbocycles. The molecule has 0 aromatic heterocycles. The number of hydrogen-bond acceptors (Lipinski definition) is 1. The van der Waals surface area contributed by atoms with Crippen LogP contribution in [-0.4, -0.2) is 14.4 Å². The van der Waals surface area contributed by atoms with Crippen LogP contribution in [0.5, 0.6) is 0 Å². The van der Waals surface area contributed by atoms with E-state index in [-0.39, 0.29) is 0 Å². The average Bonchev–Trinajstić information content (AvgIpc) is 2.01. The maximum Gasteiger partial charge on any atom is 0.192 e. The Balaban J connectivity index is 4.46. The summed E-state index contributed by atoms with van der Waals surface area (Å²) < 4.78 is 6.30. The second-order valence-electron chi connectivity index (χ2n) is 5.97. The van der Waals surface area contributed by atoms with Crippen molar-refractivity contribution >= 4 is 8.32 Å². The summed E-state index contributed by atoms with van der Waals surface area (Å²) in [5.41, 5.74) is 0. The molecule has 90 valence electrons. The van der Waals surface area contributed by atoms with Crippen molar-refractivity contribution in [2.24, 2.45) is 5.92 Å². The molecule has 0 aliphatic rings. The Kier molecular flexibility index (Phi) is 5.28. The van der Waals surface area contributed by atoms with Crippen molar-refractivity contribution < 1.29 is 4.43 Å². The zero-order valence-electron chi connectivity index (χ0n) is 11.7. The van der Waals surface area contributed by atoms with Gasteiger partial charge in [-0.05, 0) is 37.9 Å². The molecule has 0 N–H and O–H groups in total. The monoisotopic (exact) mass is 228 g/mol. The lowest BCUT2D eigenvalue weighted by Crippen LogP contribution is -2.44. The summed E-state index contributed by atoms with van der Waals surface area (Å²) >= 11 is 0. The second kappa shape index (κ2) is 5.31. The molecule has 0 aliphatic heterocycles. The minimum absolute atomic E-state index is 0.302. The van der Waals surface area contributed by atoms with E-state index in [0.29, 0.717) is 17.1 Å². The first-order chi connectivity index (χ1) is 6.62. The smallest absolute Gasteiger partial charge is 0.192 e. The lowest BCUT2D eigenvalue weighted by atomic mass is 10.1. The summed E-state index contributed by atoms with van der Waals surface area (Å²) in [6.45, 7) is 17.9. The molecule has 0 amide bonds. The topological polar surface area (TPSA) is 9.23 Å². The molecule has 0 saturated heterocycles. The van der Waals surface area contributed by atoms with E-state index in [0.717, 1.165) is 0 Å². The fourth-order valence-corrected chi connectivity index (χ4v) is 2.71. The third-order valence-electron chi connectivity index (χ3n) is 3.52. The molecule has 15 heavy (non-hydrogen) atoms. The Hall–Kier alpha value is -0.0831. The molecule has 1 nitrogen and oxygen atoms in total. The zero-order valence-corrected chi connectivity index (χ0v) is 12.7. The average molecular weight is 228 g/mol. The molecule has 0 aromatic carbocycles. The fraction of sp³-hybridized carbons (Fsp3) is 0.846. The van der Waals surface area contributed by atoms with Crippen molar-refractivity contribution in [3.05, 3.63) is 12.2 Å². The molecule has 2 heteroatoms. The van der Waals surface area contributed by atoms with Gasteiger partial charge in [-0.1, -0.05) is 39.8 Å². The van der Waals surface area contributed by atoms with E-state index < -0.39 is 8.32 Å². The minimum Gasteiger partial charge on any atom is -0.414 e. The van der Waals surface area contributed by atoms with Gasteiger partial charge in [-0.3, -0.25) is 0 Å². The molecular formula is C13H28OSi. The zero-order chi connectivity index (χ0) is 12.3. The van der Waals surface area contributed by atoms with Gasteiger partial charge in [-0.2, -0.15) is 0 Å². The number of rotatable bonds is 4. The molecule has 2 unspecified atom stereocenters. The molecule has 0 bridgehead atoms. The Morgan fingerprint density at radius 3 is 1.93 bits per heavy atom. The van der Waals surface area contributed by atoms with Crippen molar-refractivity contribution in [3.8, 4) is 0 Å². The maximum absolute atomic E-state index is 6.30. The summed E-state index contributed by atoms with van der Waals surface area (Å²) in [5, 5.41) is 0.302. The van der Waals surface area contributed by atoms with Crippen LogP contribution >= 0.6 is 0 Å². The van der Waals surface area contributed by atoms with Crippen molar-refractivity contribution in [1.29, 1.82) is 0 Å². The van der Waals surface area contributed by atoms with Gasteiger partial charge >= 0.3 is 0 Å². The van der Waals surface area contributed by atoms with Crippen LogP contribution in [0.2, 0.25) is 18.1 Å². The predicted molar refractivity (Wildman–Crippen MR) is 71.7 cm³/mol. The second-order valence-corrected chi connectivity index (χ2v) is 10.7. The minimum atomic E-state index is -1.59. The first kappa shape index (κ1) is 14.9. The van der Waals surface area contributed by atoms with Crippen LogP contribution in [0.3, 0.4) is 0 Å². The predicted octanol–water partition coefficient (Wildman–Crippen LogP) is 4.61. The van der Waals surface area contributed by atoms with E-state index in [1.54, 1.807) is 0 Å². The van der Waals surface area contributed by atoms with Crippen LogP contribution in [0, 0.1) is 5.92 Å². The van der Waals surface area contributed by atoms with Crippen LogP contribution in [-0.2, 0) is 4.43 Å². The summed E-state index contributed by atoms with van der Waals surface area (Å²) in [6, 6.07) is 0. The highest BCUT2D eigenvalue weighted by molar-refractivity contribution is 6.74. The van der Waals surface area contributed by atoms with Gasteiger partial charge in [0.2, 0.25) is 0 Å². The molecule has 0 aromatic rings. The Morgan fingerprint density at radius 1 is 1.13 bits per heavy atom. The molecule has 0 saturated carbocycles. The number of allylic oxidation sites excluding steroid dienone is 1. The number of hydrogen-bond donors (Lipinski definition) is 0. The van der Waals surface area contributed by atoms with E-state index in [1.165, 1.54) is 0 Å². The highest BCUT2D eigenvalue weighted by atomic mass is 28.4. The van der Waals surface area contributed by atoms with Gasteiger partial charge in [-0.25, -0.2) is 0 Å². The molecular weight excluding hydrogens is 200 g/mol. The van der Waals surface area contributed by atoms with Crippen molar-refractivity contribution in [2.45, 2.75) is 65.8 Å². The largest absolute Gasteiger partial charge is 0.414 e. The van der Waals surface area contributed by atoms with Crippen LogP contribution in [0.25, 0.3) is 0 Å². The van der Waals surface area contributed by atoms with Gasteiger partial charge in [0.1, 0.15) is 0 Å². The first-order valence-corrected chi connectivity index (χ1v) is 8.83. The van der Waals surface area contributed by atoms with Crippen LogP contribution in [0.1, 0.15) is 41.5 Å². The maximum atomic E-state index is 6.30. The third-order valence-corrected chi connectivity index (χ3v) is 8.10. The third kappa shape index (κ3) is 4.52. The van der Waals surface area contributed by atoms with Gasteiger partial charge < -0.3 is 4.43 Å². The molecule has 0 heterocycles. The summed E-state index contributed by atoms with van der Waals surface area (Å²) in [6.07, 6.45) is 4.65. The molecule has 0 radical (unpaired) electrons. The standard InChI is InChI=1S/C13H28OSi/c1-9-10-11(2)12(3)14-15(7,8)13(4,5)6/h9-12H,1-8H3/b10-9+. The molecule has 2 atom stereocenters. The van der Waals surface area contributed by atoms with E-state index >= 15 is 0 Å². The van der Waals surface area contributed by atoms with Gasteiger partial charge in [0.15, 0.2) is 8.32 Å². The normalized spacial score (nSPS) is 18.1. The van der Waals surface area contributed by atoms with Crippen LogP contribution in [0.15, 0.2) is 12.2 Å². The quantitative estimate of drug-likeness (QED) is 0.504. The lowest BCUT2D eigenvalue weighted by Gasteiger charge is -2.39. The van der Waals surface area contributed by atoms with Crippen LogP contribution < -0.4 is 0 Å². The van der Waals surface area contributed by atoms with E-state index in [4.69, 9.17) is 4.43 Å². The molecule has 0 rings (SSSR count). The van der Waals surface area contributed by atoms with E-state index in [9.17, 15) is 0 Å². The van der Waals surface area contributed by atoms with Gasteiger partial charge in [-0.15, -0.1) is 0 Å². The first-order valence-electron chi connectivity index (χ1n) is 5.92. The summed E-state index contributed by atoms with van der Waals surface area (Å²) in [5.74, 6) is 0.504. The highest BCUT2D eigenvalue weighted by Gasteiger charge is 2.38. The van der Waals surface area contributed by atoms with Crippen molar-refractivity contribution in [2.75, 3.05) is 0 Å². The Bertz CT molecular complexity index is 213. The Morgan fingerprint density at radius 2 is 1.60 bits per heavy atom.